The molecule has 1 aromatic carbocycles. The lowest BCUT2D eigenvalue weighted by Gasteiger charge is -2.26. The van der Waals surface area contributed by atoms with Gasteiger partial charge in [0.2, 0.25) is 12.7 Å². The van der Waals surface area contributed by atoms with Gasteiger partial charge in [0.15, 0.2) is 11.5 Å². The van der Waals surface area contributed by atoms with Gasteiger partial charge in [-0.1, -0.05) is 6.07 Å². The maximum atomic E-state index is 11.8. The van der Waals surface area contributed by atoms with Gasteiger partial charge >= 0.3 is 0 Å². The van der Waals surface area contributed by atoms with Gasteiger partial charge in [-0.15, -0.1) is 0 Å². The number of nitrogens with zero attached hydrogens (tertiary/aromatic N) is 1. The predicted molar refractivity (Wildman–Crippen MR) is 84.5 cm³/mol. The zero-order valence-corrected chi connectivity index (χ0v) is 13.2. The molecule has 0 spiro atoms. The van der Waals surface area contributed by atoms with Gasteiger partial charge in [0.05, 0.1) is 19.8 Å². The Labute approximate surface area is 135 Å². The number of carbonyl (C=O) groups is 1. The van der Waals surface area contributed by atoms with E-state index in [2.05, 4.69) is 15.5 Å². The zero-order chi connectivity index (χ0) is 15.9. The Bertz CT molecular complexity index is 532. The maximum Gasteiger partial charge on any atom is 0.234 e. The molecule has 3 rings (SSSR count). The number of amides is 1. The molecule has 2 aliphatic heterocycles. The van der Waals surface area contributed by atoms with E-state index in [1.807, 2.05) is 18.2 Å². The van der Waals surface area contributed by atoms with Crippen molar-refractivity contribution in [3.05, 3.63) is 23.8 Å². The summed E-state index contributed by atoms with van der Waals surface area (Å²) in [6, 6.07) is 5.69. The van der Waals surface area contributed by atoms with E-state index in [-0.39, 0.29) is 12.7 Å². The predicted octanol–water partition coefficient (Wildman–Crippen LogP) is -0.0467. The minimum atomic E-state index is -0.00959. The summed E-state index contributed by atoms with van der Waals surface area (Å²) in [4.78, 5) is 14.2. The first-order chi connectivity index (χ1) is 11.3. The van der Waals surface area contributed by atoms with Crippen LogP contribution >= 0.6 is 0 Å². The van der Waals surface area contributed by atoms with Crippen LogP contribution in [-0.4, -0.2) is 63.5 Å². The zero-order valence-electron chi connectivity index (χ0n) is 13.2. The lowest BCUT2D eigenvalue weighted by atomic mass is 10.2. The van der Waals surface area contributed by atoms with Gasteiger partial charge in [0, 0.05) is 32.7 Å². The van der Waals surface area contributed by atoms with Crippen molar-refractivity contribution in [3.8, 4) is 11.5 Å². The van der Waals surface area contributed by atoms with Crippen LogP contribution in [0.25, 0.3) is 0 Å². The van der Waals surface area contributed by atoms with E-state index in [1.165, 1.54) is 0 Å². The molecular formula is C16H23N3O4. The summed E-state index contributed by atoms with van der Waals surface area (Å²) in [5, 5.41) is 6.07. The van der Waals surface area contributed by atoms with Crippen LogP contribution in [0.2, 0.25) is 0 Å². The van der Waals surface area contributed by atoms with Crippen LogP contribution in [0.15, 0.2) is 18.2 Å². The summed E-state index contributed by atoms with van der Waals surface area (Å²) in [7, 11) is 0. The molecule has 1 saturated heterocycles. The smallest absolute Gasteiger partial charge is 0.234 e. The van der Waals surface area contributed by atoms with E-state index >= 15 is 0 Å². The molecule has 2 heterocycles. The van der Waals surface area contributed by atoms with E-state index in [4.69, 9.17) is 14.2 Å². The Morgan fingerprint density at radius 3 is 2.87 bits per heavy atom. The minimum Gasteiger partial charge on any atom is -0.454 e. The lowest BCUT2D eigenvalue weighted by Crippen LogP contribution is -2.42. The van der Waals surface area contributed by atoms with Crippen LogP contribution < -0.4 is 20.1 Å². The minimum absolute atomic E-state index is 0.00959. The monoisotopic (exact) mass is 321 g/mol. The molecule has 7 nitrogen and oxygen atoms in total. The van der Waals surface area contributed by atoms with Crippen molar-refractivity contribution < 1.29 is 19.0 Å². The normalized spacial score (nSPS) is 17.2. The quantitative estimate of drug-likeness (QED) is 0.686. The number of ether oxygens (including phenoxy) is 3. The average Bonchev–Trinajstić information content (AvgIpc) is 3.05. The summed E-state index contributed by atoms with van der Waals surface area (Å²) in [5.74, 6) is 1.48. The second-order valence-corrected chi connectivity index (χ2v) is 5.60. The first-order valence-corrected chi connectivity index (χ1v) is 7.97. The van der Waals surface area contributed by atoms with Crippen molar-refractivity contribution in [2.75, 3.05) is 52.7 Å². The summed E-state index contributed by atoms with van der Waals surface area (Å²) in [6.45, 7) is 6.37. The van der Waals surface area contributed by atoms with Crippen molar-refractivity contribution in [2.24, 2.45) is 0 Å². The number of morpholine rings is 1. The highest BCUT2D eigenvalue weighted by Gasteiger charge is 2.13. The molecule has 0 unspecified atom stereocenters. The fraction of sp³-hybridized carbons (Fsp3) is 0.562. The lowest BCUT2D eigenvalue weighted by molar-refractivity contribution is -0.120. The molecule has 126 valence electrons. The first-order valence-electron chi connectivity index (χ1n) is 7.97. The summed E-state index contributed by atoms with van der Waals surface area (Å²) in [5.41, 5.74) is 0.996. The molecule has 1 fully saturated rings. The fourth-order valence-corrected chi connectivity index (χ4v) is 2.58. The first kappa shape index (κ1) is 16.0. The molecular weight excluding hydrogens is 298 g/mol. The largest absolute Gasteiger partial charge is 0.454 e. The number of benzene rings is 1. The summed E-state index contributed by atoms with van der Waals surface area (Å²) in [6.07, 6.45) is 0. The van der Waals surface area contributed by atoms with Crippen LogP contribution in [0, 0.1) is 0 Å². The molecule has 1 aromatic rings. The van der Waals surface area contributed by atoms with E-state index < -0.39 is 0 Å². The third-order valence-corrected chi connectivity index (χ3v) is 3.92. The van der Waals surface area contributed by atoms with Crippen LogP contribution in [0.3, 0.4) is 0 Å². The van der Waals surface area contributed by atoms with Crippen LogP contribution in [0.5, 0.6) is 11.5 Å². The van der Waals surface area contributed by atoms with Gasteiger partial charge < -0.3 is 24.8 Å². The SMILES string of the molecule is O=C(CNCCN1CCOCC1)NCc1ccc2c(c1)OCO2. The molecule has 2 aliphatic rings. The molecule has 1 amide bonds. The molecule has 23 heavy (non-hydrogen) atoms. The Hall–Kier alpha value is -1.83. The second-order valence-electron chi connectivity index (χ2n) is 5.60. The molecule has 0 radical (unpaired) electrons. The maximum absolute atomic E-state index is 11.8. The molecule has 0 bridgehead atoms. The third kappa shape index (κ3) is 4.82. The standard InChI is InChI=1S/C16H23N3O4/c20-16(11-17-3-4-19-5-7-21-8-6-19)18-10-13-1-2-14-15(9-13)23-12-22-14/h1-2,9,17H,3-8,10-12H2,(H,18,20). The average molecular weight is 321 g/mol. The molecule has 0 aromatic heterocycles. The summed E-state index contributed by atoms with van der Waals surface area (Å²) >= 11 is 0. The Morgan fingerprint density at radius 1 is 1.17 bits per heavy atom. The number of nitrogens with one attached hydrogen (secondary N) is 2. The van der Waals surface area contributed by atoms with Gasteiger partial charge in [0.25, 0.3) is 0 Å². The second kappa shape index (κ2) is 8.14. The Kier molecular flexibility index (Phi) is 5.68. The van der Waals surface area contributed by atoms with Gasteiger partial charge in [-0.05, 0) is 17.7 Å². The van der Waals surface area contributed by atoms with Gasteiger partial charge in [-0.3, -0.25) is 9.69 Å². The van der Waals surface area contributed by atoms with Crippen molar-refractivity contribution >= 4 is 5.91 Å². The number of fused-ring (bicyclic) bond motifs is 1. The highest BCUT2D eigenvalue weighted by atomic mass is 16.7. The summed E-state index contributed by atoms with van der Waals surface area (Å²) < 4.78 is 15.9. The van der Waals surface area contributed by atoms with Crippen LogP contribution in [-0.2, 0) is 16.1 Å². The number of hydrogen-bond acceptors (Lipinski definition) is 6. The van der Waals surface area contributed by atoms with Crippen molar-refractivity contribution in [3.63, 3.8) is 0 Å². The fourth-order valence-electron chi connectivity index (χ4n) is 2.58. The van der Waals surface area contributed by atoms with Crippen LogP contribution in [0.4, 0.5) is 0 Å². The Morgan fingerprint density at radius 2 is 2.00 bits per heavy atom. The number of hydrogen-bond donors (Lipinski definition) is 2. The number of rotatable bonds is 7. The molecule has 7 heteroatoms. The van der Waals surface area contributed by atoms with E-state index in [0.29, 0.717) is 13.1 Å². The Balaban J connectivity index is 1.30. The van der Waals surface area contributed by atoms with Gasteiger partial charge in [0.1, 0.15) is 0 Å². The van der Waals surface area contributed by atoms with E-state index in [0.717, 1.165) is 56.5 Å². The van der Waals surface area contributed by atoms with Crippen LogP contribution in [0.1, 0.15) is 5.56 Å². The van der Waals surface area contributed by atoms with E-state index in [1.54, 1.807) is 0 Å². The molecule has 0 saturated carbocycles. The third-order valence-electron chi connectivity index (χ3n) is 3.92. The van der Waals surface area contributed by atoms with Crippen molar-refractivity contribution in [1.82, 2.24) is 15.5 Å². The van der Waals surface area contributed by atoms with Crippen molar-refractivity contribution in [2.45, 2.75) is 6.54 Å². The van der Waals surface area contributed by atoms with Gasteiger partial charge in [-0.25, -0.2) is 0 Å². The van der Waals surface area contributed by atoms with Crippen molar-refractivity contribution in [1.29, 1.82) is 0 Å². The topological polar surface area (TPSA) is 72.1 Å². The molecule has 0 aliphatic carbocycles. The molecule has 2 N–H and O–H groups in total. The highest BCUT2D eigenvalue weighted by Crippen LogP contribution is 2.32. The molecule has 0 atom stereocenters. The number of carbonyl (C=O) groups excluding carboxylic acids is 1. The van der Waals surface area contributed by atoms with Gasteiger partial charge in [-0.2, -0.15) is 0 Å². The van der Waals surface area contributed by atoms with E-state index in [9.17, 15) is 4.79 Å². The highest BCUT2D eigenvalue weighted by molar-refractivity contribution is 5.78.